The van der Waals surface area contributed by atoms with Crippen molar-refractivity contribution in [3.8, 4) is 0 Å². The zero-order valence-corrected chi connectivity index (χ0v) is 11.1. The van der Waals surface area contributed by atoms with Gasteiger partial charge in [0, 0.05) is 3.57 Å². The maximum atomic E-state index is 12.7. The number of halogens is 4. The third-order valence-corrected chi connectivity index (χ3v) is 2.96. The molecule has 0 N–H and O–H groups in total. The largest absolute Gasteiger partial charge is 0.464 e. The van der Waals surface area contributed by atoms with Gasteiger partial charge in [-0.25, -0.2) is 18.6 Å². The van der Waals surface area contributed by atoms with E-state index in [0.717, 1.165) is 7.11 Å². The molecule has 0 spiro atoms. The van der Waals surface area contributed by atoms with Crippen molar-refractivity contribution in [1.82, 2.24) is 4.98 Å². The highest BCUT2D eigenvalue weighted by molar-refractivity contribution is 14.1. The van der Waals surface area contributed by atoms with Crippen molar-refractivity contribution in [2.45, 2.75) is 12.3 Å². The number of esters is 1. The quantitative estimate of drug-likeness (QED) is 0.472. The molecule has 0 fully saturated rings. The van der Waals surface area contributed by atoms with Crippen LogP contribution in [-0.4, -0.2) is 18.1 Å². The Hall–Kier alpha value is -0.500. The SMILES string of the molecule is COC(=O)c1nc(CCl)cc(I)c1C(F)F. The predicted octanol–water partition coefficient (Wildman–Crippen LogP) is 3.15. The summed E-state index contributed by atoms with van der Waals surface area (Å²) in [6.45, 7) is 0. The van der Waals surface area contributed by atoms with E-state index in [4.69, 9.17) is 11.6 Å². The van der Waals surface area contributed by atoms with Crippen molar-refractivity contribution in [1.29, 1.82) is 0 Å². The molecule has 1 heterocycles. The van der Waals surface area contributed by atoms with Crippen LogP contribution in [0, 0.1) is 3.57 Å². The lowest BCUT2D eigenvalue weighted by Crippen LogP contribution is -2.12. The number of ether oxygens (including phenoxy) is 1. The fourth-order valence-electron chi connectivity index (χ4n) is 1.10. The first kappa shape index (κ1) is 13.6. The molecule has 0 aromatic carbocycles. The van der Waals surface area contributed by atoms with Crippen molar-refractivity contribution in [2.24, 2.45) is 0 Å². The van der Waals surface area contributed by atoms with Crippen molar-refractivity contribution in [2.75, 3.05) is 7.11 Å². The minimum absolute atomic E-state index is 0.0452. The summed E-state index contributed by atoms with van der Waals surface area (Å²) >= 11 is 7.26. The van der Waals surface area contributed by atoms with Crippen molar-refractivity contribution in [3.63, 3.8) is 0 Å². The van der Waals surface area contributed by atoms with Gasteiger partial charge in [-0.3, -0.25) is 0 Å². The van der Waals surface area contributed by atoms with Gasteiger partial charge < -0.3 is 4.74 Å². The topological polar surface area (TPSA) is 39.2 Å². The number of alkyl halides is 3. The number of pyridine rings is 1. The maximum Gasteiger partial charge on any atom is 0.357 e. The number of carbonyl (C=O) groups is 1. The Morgan fingerprint density at radius 1 is 1.69 bits per heavy atom. The molecule has 7 heteroatoms. The van der Waals surface area contributed by atoms with Gasteiger partial charge >= 0.3 is 5.97 Å². The number of methoxy groups -OCH3 is 1. The molecule has 0 atom stereocenters. The third kappa shape index (κ3) is 2.79. The molecular weight excluding hydrogens is 354 g/mol. The number of carbonyl (C=O) groups excluding carboxylic acids is 1. The number of rotatable bonds is 3. The van der Waals surface area contributed by atoms with Gasteiger partial charge in [-0.1, -0.05) is 0 Å². The predicted molar refractivity (Wildman–Crippen MR) is 62.8 cm³/mol. The van der Waals surface area contributed by atoms with Crippen LogP contribution in [0.25, 0.3) is 0 Å². The highest BCUT2D eigenvalue weighted by Gasteiger charge is 2.24. The number of hydrogen-bond donors (Lipinski definition) is 0. The summed E-state index contributed by atoms with van der Waals surface area (Å²) in [5.74, 6) is -0.844. The summed E-state index contributed by atoms with van der Waals surface area (Å²) in [7, 11) is 1.11. The maximum absolute atomic E-state index is 12.7. The van der Waals surface area contributed by atoms with E-state index in [1.807, 2.05) is 0 Å². The Kier molecular flexibility index (Phi) is 4.85. The lowest BCUT2D eigenvalue weighted by Gasteiger charge is -2.10. The Morgan fingerprint density at radius 3 is 2.75 bits per heavy atom. The Balaban J connectivity index is 3.40. The molecule has 1 rings (SSSR count). The van der Waals surface area contributed by atoms with Crippen molar-refractivity contribution >= 4 is 40.2 Å². The van der Waals surface area contributed by atoms with Crippen LogP contribution in [0.15, 0.2) is 6.07 Å². The van der Waals surface area contributed by atoms with E-state index in [-0.39, 0.29) is 15.1 Å². The van der Waals surface area contributed by atoms with Gasteiger partial charge in [0.15, 0.2) is 5.69 Å². The normalized spacial score (nSPS) is 10.6. The van der Waals surface area contributed by atoms with Crippen LogP contribution < -0.4 is 0 Å². The average molecular weight is 362 g/mol. The van der Waals surface area contributed by atoms with Crippen LogP contribution in [-0.2, 0) is 10.6 Å². The molecule has 0 aliphatic carbocycles. The summed E-state index contributed by atoms with van der Waals surface area (Å²) in [6.07, 6.45) is -2.78. The van der Waals surface area contributed by atoms with Crippen LogP contribution >= 0.6 is 34.2 Å². The molecule has 0 aliphatic heterocycles. The molecule has 88 valence electrons. The number of aromatic nitrogens is 1. The van der Waals surface area contributed by atoms with Crippen LogP contribution in [0.4, 0.5) is 8.78 Å². The zero-order chi connectivity index (χ0) is 12.3. The molecule has 0 radical (unpaired) electrons. The lowest BCUT2D eigenvalue weighted by atomic mass is 10.2. The molecular formula is C9H7ClF2INO2. The smallest absolute Gasteiger partial charge is 0.357 e. The van der Waals surface area contributed by atoms with E-state index in [0.29, 0.717) is 5.69 Å². The Morgan fingerprint density at radius 2 is 2.31 bits per heavy atom. The van der Waals surface area contributed by atoms with E-state index in [9.17, 15) is 13.6 Å². The first-order valence-electron chi connectivity index (χ1n) is 4.13. The van der Waals surface area contributed by atoms with Crippen LogP contribution in [0.3, 0.4) is 0 Å². The van der Waals surface area contributed by atoms with Gasteiger partial charge in [0.05, 0.1) is 24.2 Å². The molecule has 0 bridgehead atoms. The molecule has 3 nitrogen and oxygen atoms in total. The second-order valence-corrected chi connectivity index (χ2v) is 4.21. The van der Waals surface area contributed by atoms with E-state index >= 15 is 0 Å². The number of hydrogen-bond acceptors (Lipinski definition) is 3. The van der Waals surface area contributed by atoms with Crippen LogP contribution in [0.5, 0.6) is 0 Å². The van der Waals surface area contributed by atoms with E-state index in [2.05, 4.69) is 9.72 Å². The fourth-order valence-corrected chi connectivity index (χ4v) is 2.09. The molecule has 0 saturated carbocycles. The first-order chi connectivity index (χ1) is 7.51. The number of nitrogens with zero attached hydrogens (tertiary/aromatic N) is 1. The minimum atomic E-state index is -2.78. The van der Waals surface area contributed by atoms with Gasteiger partial charge in [0.25, 0.3) is 6.43 Å². The van der Waals surface area contributed by atoms with E-state index in [1.54, 1.807) is 22.6 Å². The van der Waals surface area contributed by atoms with Gasteiger partial charge in [0.1, 0.15) is 0 Å². The molecule has 0 unspecified atom stereocenters. The summed E-state index contributed by atoms with van der Waals surface area (Å²) < 4.78 is 30.1. The Labute approximate surface area is 109 Å². The van der Waals surface area contributed by atoms with Gasteiger partial charge in [-0.05, 0) is 28.7 Å². The van der Waals surface area contributed by atoms with Crippen molar-refractivity contribution < 1.29 is 18.3 Å². The monoisotopic (exact) mass is 361 g/mol. The lowest BCUT2D eigenvalue weighted by molar-refractivity contribution is 0.0581. The summed E-state index contributed by atoms with van der Waals surface area (Å²) in [5.41, 5.74) is -0.433. The van der Waals surface area contributed by atoms with Crippen LogP contribution in [0.1, 0.15) is 28.2 Å². The molecule has 0 saturated heterocycles. The minimum Gasteiger partial charge on any atom is -0.464 e. The van der Waals surface area contributed by atoms with Gasteiger partial charge in [0.2, 0.25) is 0 Å². The van der Waals surface area contributed by atoms with Gasteiger partial charge in [-0.15, -0.1) is 11.6 Å². The second-order valence-electron chi connectivity index (χ2n) is 2.78. The first-order valence-corrected chi connectivity index (χ1v) is 5.74. The molecule has 1 aromatic rings. The summed E-state index contributed by atoms with van der Waals surface area (Å²) in [5, 5.41) is 0. The summed E-state index contributed by atoms with van der Waals surface area (Å²) in [4.78, 5) is 15.0. The third-order valence-electron chi connectivity index (χ3n) is 1.80. The summed E-state index contributed by atoms with van der Waals surface area (Å²) in [6, 6.07) is 1.42. The second kappa shape index (κ2) is 5.72. The Bertz CT molecular complexity index is 415. The standard InChI is InChI=1S/C9H7ClF2INO2/c1-16-9(15)7-6(8(11)12)5(13)2-4(3-10)14-7/h2,8H,3H2,1H3. The highest BCUT2D eigenvalue weighted by Crippen LogP contribution is 2.28. The zero-order valence-electron chi connectivity index (χ0n) is 8.14. The van der Waals surface area contributed by atoms with Gasteiger partial charge in [-0.2, -0.15) is 0 Å². The average Bonchev–Trinajstić information content (AvgIpc) is 2.26. The molecule has 0 aliphatic rings. The highest BCUT2D eigenvalue weighted by atomic mass is 127. The van der Waals surface area contributed by atoms with Crippen LogP contribution in [0.2, 0.25) is 0 Å². The van der Waals surface area contributed by atoms with Crippen molar-refractivity contribution in [3.05, 3.63) is 26.6 Å². The van der Waals surface area contributed by atoms with E-state index in [1.165, 1.54) is 6.07 Å². The molecule has 16 heavy (non-hydrogen) atoms. The fraction of sp³-hybridized carbons (Fsp3) is 0.333. The molecule has 0 amide bonds. The van der Waals surface area contributed by atoms with E-state index < -0.39 is 18.0 Å². The molecule has 1 aromatic heterocycles.